The molecule has 3 aromatic heterocycles. The third-order valence-electron chi connectivity index (χ3n) is 7.90. The van der Waals surface area contributed by atoms with E-state index in [0.29, 0.717) is 24.3 Å². The summed E-state index contributed by atoms with van der Waals surface area (Å²) in [7, 11) is 0. The lowest BCUT2D eigenvalue weighted by Gasteiger charge is -2.20. The van der Waals surface area contributed by atoms with Crippen molar-refractivity contribution in [3.63, 3.8) is 0 Å². The predicted octanol–water partition coefficient (Wildman–Crippen LogP) is 3.76. The highest BCUT2D eigenvalue weighted by atomic mass is 16.6. The van der Waals surface area contributed by atoms with Gasteiger partial charge in [0.15, 0.2) is 11.9 Å². The van der Waals surface area contributed by atoms with Gasteiger partial charge in [0.25, 0.3) is 0 Å². The van der Waals surface area contributed by atoms with Crippen LogP contribution in [-0.2, 0) is 16.7 Å². The Kier molecular flexibility index (Phi) is 6.42. The lowest BCUT2D eigenvalue weighted by Crippen LogP contribution is -2.38. The second kappa shape index (κ2) is 9.67. The van der Waals surface area contributed by atoms with Gasteiger partial charge in [0.1, 0.15) is 30.2 Å². The van der Waals surface area contributed by atoms with E-state index in [0.717, 1.165) is 12.2 Å². The zero-order chi connectivity index (χ0) is 27.5. The first-order valence-corrected chi connectivity index (χ1v) is 13.5. The van der Waals surface area contributed by atoms with Gasteiger partial charge in [-0.1, -0.05) is 45.0 Å². The minimum absolute atomic E-state index is 0.0578. The van der Waals surface area contributed by atoms with Gasteiger partial charge in [-0.15, -0.1) is 0 Å². The Morgan fingerprint density at radius 1 is 0.949 bits per heavy atom. The number of nitrogens with zero attached hydrogens (tertiary/aromatic N) is 5. The lowest BCUT2D eigenvalue weighted by atomic mass is 9.86. The number of aromatic nitrogens is 5. The quantitative estimate of drug-likeness (QED) is 0.288. The van der Waals surface area contributed by atoms with Crippen LogP contribution >= 0.6 is 0 Å². The van der Waals surface area contributed by atoms with Crippen LogP contribution in [0.3, 0.4) is 0 Å². The van der Waals surface area contributed by atoms with Crippen LogP contribution < -0.4 is 5.32 Å². The molecule has 1 fully saturated rings. The number of imidazole rings is 1. The molecule has 0 bridgehead atoms. The van der Waals surface area contributed by atoms with Crippen molar-refractivity contribution in [2.45, 2.75) is 71.1 Å². The first-order chi connectivity index (χ1) is 18.6. The van der Waals surface area contributed by atoms with Gasteiger partial charge >= 0.3 is 0 Å². The van der Waals surface area contributed by atoms with Crippen molar-refractivity contribution in [3.05, 3.63) is 65.9 Å². The van der Waals surface area contributed by atoms with E-state index in [4.69, 9.17) is 4.74 Å². The zero-order valence-electron chi connectivity index (χ0n) is 23.1. The summed E-state index contributed by atoms with van der Waals surface area (Å²) in [6.07, 6.45) is -0.430. The Morgan fingerprint density at radius 3 is 2.46 bits per heavy atom. The summed E-state index contributed by atoms with van der Waals surface area (Å²) < 4.78 is 10.2. The molecule has 0 aliphatic carbocycles. The summed E-state index contributed by atoms with van der Waals surface area (Å²) in [5, 5.41) is 27.5. The summed E-state index contributed by atoms with van der Waals surface area (Å²) in [5.74, 6) is 0. The van der Waals surface area contributed by atoms with Crippen molar-refractivity contribution in [2.75, 3.05) is 13.1 Å². The molecule has 9 heteroatoms. The summed E-state index contributed by atoms with van der Waals surface area (Å²) in [4.78, 5) is 12.9. The fourth-order valence-corrected chi connectivity index (χ4v) is 5.63. The Morgan fingerprint density at radius 2 is 1.69 bits per heavy atom. The monoisotopic (exact) mass is 528 g/mol. The van der Waals surface area contributed by atoms with E-state index in [2.05, 4.69) is 88.9 Å². The molecule has 6 rings (SSSR count). The van der Waals surface area contributed by atoms with Crippen LogP contribution in [0.25, 0.3) is 33.0 Å². The van der Waals surface area contributed by atoms with Crippen LogP contribution in [0.5, 0.6) is 0 Å². The number of rotatable bonds is 6. The van der Waals surface area contributed by atoms with Gasteiger partial charge in [-0.3, -0.25) is 4.57 Å². The van der Waals surface area contributed by atoms with Gasteiger partial charge < -0.3 is 24.8 Å². The van der Waals surface area contributed by atoms with Crippen molar-refractivity contribution in [3.8, 4) is 0 Å². The summed E-state index contributed by atoms with van der Waals surface area (Å²) >= 11 is 0. The molecule has 1 aliphatic rings. The summed E-state index contributed by atoms with van der Waals surface area (Å²) in [6, 6.07) is 13.4. The molecule has 0 saturated carbocycles. The largest absolute Gasteiger partial charge is 0.387 e. The number of aryl methyl sites for hydroxylation is 2. The van der Waals surface area contributed by atoms with Gasteiger partial charge in [-0.2, -0.15) is 0 Å². The molecule has 9 nitrogen and oxygen atoms in total. The van der Waals surface area contributed by atoms with E-state index in [-0.39, 0.29) is 5.41 Å². The molecule has 5 aromatic rings. The number of aliphatic hydroxyl groups excluding tert-OH is 2. The van der Waals surface area contributed by atoms with Crippen molar-refractivity contribution >= 4 is 33.0 Å². The molecule has 0 radical (unpaired) electrons. The first kappa shape index (κ1) is 25.9. The van der Waals surface area contributed by atoms with E-state index in [1.54, 1.807) is 10.9 Å². The molecule has 4 unspecified atom stereocenters. The van der Waals surface area contributed by atoms with Crippen molar-refractivity contribution in [1.29, 1.82) is 0 Å². The second-order valence-electron chi connectivity index (χ2n) is 11.7. The van der Waals surface area contributed by atoms with E-state index in [9.17, 15) is 10.2 Å². The Balaban J connectivity index is 1.19. The molecule has 1 saturated heterocycles. The molecule has 204 valence electrons. The molecule has 4 heterocycles. The van der Waals surface area contributed by atoms with E-state index >= 15 is 0 Å². The molecule has 1 aliphatic heterocycles. The maximum Gasteiger partial charge on any atom is 0.165 e. The maximum absolute atomic E-state index is 10.8. The zero-order valence-corrected chi connectivity index (χ0v) is 23.1. The van der Waals surface area contributed by atoms with Crippen LogP contribution in [0.4, 0.5) is 0 Å². The van der Waals surface area contributed by atoms with Crippen LogP contribution in [-0.4, -0.2) is 65.7 Å². The summed E-state index contributed by atoms with van der Waals surface area (Å²) in [6.45, 7) is 12.5. The lowest BCUT2D eigenvalue weighted by molar-refractivity contribution is -0.0341. The fourth-order valence-electron chi connectivity index (χ4n) is 5.63. The Hall–Kier alpha value is -3.37. The minimum atomic E-state index is -1.10. The smallest absolute Gasteiger partial charge is 0.165 e. The van der Waals surface area contributed by atoms with Crippen molar-refractivity contribution in [1.82, 2.24) is 29.4 Å². The molecule has 2 aromatic carbocycles. The van der Waals surface area contributed by atoms with Crippen LogP contribution in [0.1, 0.15) is 43.8 Å². The minimum Gasteiger partial charge on any atom is -0.387 e. The fraction of sp³-hybridized carbons (Fsp3) is 0.433. The highest BCUT2D eigenvalue weighted by Gasteiger charge is 2.44. The van der Waals surface area contributed by atoms with E-state index in [1.165, 1.54) is 39.3 Å². The van der Waals surface area contributed by atoms with Crippen LogP contribution in [0.15, 0.2) is 49.1 Å². The number of hydrogen-bond donors (Lipinski definition) is 3. The Bertz CT molecular complexity index is 1670. The highest BCUT2D eigenvalue weighted by Crippen LogP contribution is 2.34. The van der Waals surface area contributed by atoms with Crippen molar-refractivity contribution < 1.29 is 14.9 Å². The average Bonchev–Trinajstić information content (AvgIpc) is 3.54. The number of aliphatic hydroxyl groups is 2. The van der Waals surface area contributed by atoms with E-state index in [1.807, 2.05) is 6.92 Å². The molecule has 0 spiro atoms. The average molecular weight is 529 g/mol. The molecular formula is C30H36N6O3. The normalized spacial score (nSPS) is 22.0. The molecule has 3 N–H and O–H groups in total. The van der Waals surface area contributed by atoms with Gasteiger partial charge in [0.2, 0.25) is 0 Å². The SMILES string of the molecule is Cc1ccc2c3ccc(C(C)(C)C)cc3n(CCNCC3OC(n4cnc5c(C)ncnc54)C(O)C3O)c2c1. The maximum atomic E-state index is 10.8. The van der Waals surface area contributed by atoms with Gasteiger partial charge in [0.05, 0.1) is 12.0 Å². The van der Waals surface area contributed by atoms with Gasteiger partial charge in [-0.25, -0.2) is 15.0 Å². The molecule has 0 amide bonds. The van der Waals surface area contributed by atoms with Crippen LogP contribution in [0.2, 0.25) is 0 Å². The van der Waals surface area contributed by atoms with Crippen LogP contribution in [0, 0.1) is 13.8 Å². The standard InChI is InChI=1S/C30H36N6O3/c1-17-6-8-20-21-9-7-19(30(3,4)5)13-23(21)35(22(20)12-17)11-10-31-14-24-26(37)27(38)29(39-24)36-16-34-25-18(2)32-15-33-28(25)36/h6-9,12-13,15-16,24,26-27,29,31,37-38H,10-11,14H2,1-5H3. The molecule has 39 heavy (non-hydrogen) atoms. The topological polar surface area (TPSA) is 110 Å². The number of nitrogens with one attached hydrogen (secondary N) is 1. The predicted molar refractivity (Wildman–Crippen MR) is 152 cm³/mol. The number of hydrogen-bond acceptors (Lipinski definition) is 7. The molecule has 4 atom stereocenters. The number of fused-ring (bicyclic) bond motifs is 4. The second-order valence-corrected chi connectivity index (χ2v) is 11.7. The molecular weight excluding hydrogens is 492 g/mol. The number of ether oxygens (including phenoxy) is 1. The summed E-state index contributed by atoms with van der Waals surface area (Å²) in [5.41, 5.74) is 7.01. The number of benzene rings is 2. The van der Waals surface area contributed by atoms with Gasteiger partial charge in [-0.05, 0) is 42.5 Å². The van der Waals surface area contributed by atoms with E-state index < -0.39 is 24.5 Å². The van der Waals surface area contributed by atoms with Crippen molar-refractivity contribution in [2.24, 2.45) is 0 Å². The Labute approximate surface area is 227 Å². The third kappa shape index (κ3) is 4.49. The third-order valence-corrected chi connectivity index (χ3v) is 7.90. The van der Waals surface area contributed by atoms with Gasteiger partial charge in [0, 0.05) is 41.4 Å². The first-order valence-electron chi connectivity index (χ1n) is 13.5. The highest BCUT2D eigenvalue weighted by molar-refractivity contribution is 6.08.